The van der Waals surface area contributed by atoms with Gasteiger partial charge in [0.1, 0.15) is 6.04 Å². The number of piperazine rings is 1. The zero-order chi connectivity index (χ0) is 21.7. The third-order valence-electron chi connectivity index (χ3n) is 5.28. The highest BCUT2D eigenvalue weighted by atomic mass is 79.9. The molecule has 1 fully saturated rings. The van der Waals surface area contributed by atoms with E-state index >= 15 is 0 Å². The second-order valence-corrected chi connectivity index (χ2v) is 8.48. The van der Waals surface area contributed by atoms with E-state index in [-0.39, 0.29) is 23.8 Å². The van der Waals surface area contributed by atoms with E-state index in [0.717, 1.165) is 0 Å². The van der Waals surface area contributed by atoms with Gasteiger partial charge in [-0.15, -0.1) is 0 Å². The SMILES string of the molecule is CC(C)C(C#N)N1CCN(C(=O)c2ccccc2NC(=O)c2ccccc2Br)CC1. The molecule has 1 aliphatic rings. The standard InChI is InChI=1S/C23H25BrN4O2/c1-16(2)21(15-25)27-11-13-28(14-12-27)23(30)18-8-4-6-10-20(18)26-22(29)17-7-3-5-9-19(17)24/h3-10,16,21H,11-14H2,1-2H3,(H,26,29). The van der Waals surface area contributed by atoms with Crippen LogP contribution in [0.5, 0.6) is 0 Å². The minimum atomic E-state index is -0.277. The van der Waals surface area contributed by atoms with Gasteiger partial charge in [-0.2, -0.15) is 5.26 Å². The van der Waals surface area contributed by atoms with Crippen LogP contribution in [-0.4, -0.2) is 53.8 Å². The van der Waals surface area contributed by atoms with Crippen molar-refractivity contribution in [2.45, 2.75) is 19.9 Å². The molecule has 1 atom stereocenters. The lowest BCUT2D eigenvalue weighted by Gasteiger charge is -2.38. The van der Waals surface area contributed by atoms with E-state index in [2.05, 4.69) is 32.2 Å². The van der Waals surface area contributed by atoms with Gasteiger partial charge in [0, 0.05) is 30.7 Å². The molecule has 2 amide bonds. The molecule has 0 aliphatic carbocycles. The summed E-state index contributed by atoms with van der Waals surface area (Å²) in [5, 5.41) is 12.3. The fraction of sp³-hybridized carbons (Fsp3) is 0.348. The molecule has 2 aromatic rings. The van der Waals surface area contributed by atoms with Crippen molar-refractivity contribution in [2.75, 3.05) is 31.5 Å². The van der Waals surface area contributed by atoms with Gasteiger partial charge < -0.3 is 10.2 Å². The highest BCUT2D eigenvalue weighted by Crippen LogP contribution is 2.22. The summed E-state index contributed by atoms with van der Waals surface area (Å²) >= 11 is 3.39. The van der Waals surface area contributed by atoms with Crippen molar-refractivity contribution in [2.24, 2.45) is 5.92 Å². The Morgan fingerprint density at radius 3 is 2.20 bits per heavy atom. The number of nitriles is 1. The van der Waals surface area contributed by atoms with Crippen LogP contribution in [0.15, 0.2) is 53.0 Å². The molecule has 1 N–H and O–H groups in total. The third-order valence-corrected chi connectivity index (χ3v) is 5.97. The van der Waals surface area contributed by atoms with Crippen LogP contribution in [-0.2, 0) is 0 Å². The topological polar surface area (TPSA) is 76.4 Å². The second kappa shape index (κ2) is 9.88. The highest BCUT2D eigenvalue weighted by molar-refractivity contribution is 9.10. The first kappa shape index (κ1) is 22.0. The molecule has 1 heterocycles. The molecule has 2 aromatic carbocycles. The Bertz CT molecular complexity index is 962. The highest BCUT2D eigenvalue weighted by Gasteiger charge is 2.29. The van der Waals surface area contributed by atoms with E-state index in [0.29, 0.717) is 47.5 Å². The monoisotopic (exact) mass is 468 g/mol. The van der Waals surface area contributed by atoms with Crippen molar-refractivity contribution < 1.29 is 9.59 Å². The Hall–Kier alpha value is -2.69. The number of para-hydroxylation sites is 1. The van der Waals surface area contributed by atoms with Crippen LogP contribution < -0.4 is 5.32 Å². The molecular weight excluding hydrogens is 444 g/mol. The Labute approximate surface area is 185 Å². The predicted molar refractivity (Wildman–Crippen MR) is 120 cm³/mol. The number of nitrogens with zero attached hydrogens (tertiary/aromatic N) is 3. The number of amides is 2. The smallest absolute Gasteiger partial charge is 0.256 e. The van der Waals surface area contributed by atoms with Crippen LogP contribution in [0.2, 0.25) is 0 Å². The van der Waals surface area contributed by atoms with E-state index in [9.17, 15) is 14.9 Å². The van der Waals surface area contributed by atoms with Crippen LogP contribution in [0.25, 0.3) is 0 Å². The Balaban J connectivity index is 1.72. The molecular formula is C23H25BrN4O2. The quantitative estimate of drug-likeness (QED) is 0.718. The molecule has 3 rings (SSSR count). The van der Waals surface area contributed by atoms with E-state index in [4.69, 9.17) is 0 Å². The van der Waals surface area contributed by atoms with Crippen molar-refractivity contribution in [1.82, 2.24) is 9.80 Å². The number of benzene rings is 2. The summed E-state index contributed by atoms with van der Waals surface area (Å²) < 4.78 is 0.694. The van der Waals surface area contributed by atoms with Gasteiger partial charge in [0.15, 0.2) is 0 Å². The number of hydrogen-bond acceptors (Lipinski definition) is 4. The molecule has 0 spiro atoms. The maximum Gasteiger partial charge on any atom is 0.256 e. The Morgan fingerprint density at radius 2 is 1.60 bits per heavy atom. The van der Waals surface area contributed by atoms with Crippen molar-refractivity contribution in [3.05, 3.63) is 64.1 Å². The average Bonchev–Trinajstić information content (AvgIpc) is 2.74. The minimum Gasteiger partial charge on any atom is -0.336 e. The van der Waals surface area contributed by atoms with E-state index in [1.165, 1.54) is 0 Å². The first-order valence-electron chi connectivity index (χ1n) is 10.00. The largest absolute Gasteiger partial charge is 0.336 e. The molecule has 1 unspecified atom stereocenters. The molecule has 1 saturated heterocycles. The Morgan fingerprint density at radius 1 is 1.00 bits per heavy atom. The predicted octanol–water partition coefficient (Wildman–Crippen LogP) is 4.01. The normalized spacial score (nSPS) is 15.5. The first-order valence-corrected chi connectivity index (χ1v) is 10.8. The van der Waals surface area contributed by atoms with Gasteiger partial charge in [-0.1, -0.05) is 38.1 Å². The number of hydrogen-bond donors (Lipinski definition) is 1. The number of anilines is 1. The van der Waals surface area contributed by atoms with Crippen molar-refractivity contribution >= 4 is 33.4 Å². The van der Waals surface area contributed by atoms with Crippen LogP contribution >= 0.6 is 15.9 Å². The number of nitrogens with one attached hydrogen (secondary N) is 1. The maximum absolute atomic E-state index is 13.2. The lowest BCUT2D eigenvalue weighted by atomic mass is 10.0. The maximum atomic E-state index is 13.2. The van der Waals surface area contributed by atoms with Gasteiger partial charge in [0.05, 0.1) is 22.9 Å². The molecule has 0 radical (unpaired) electrons. The van der Waals surface area contributed by atoms with Crippen molar-refractivity contribution in [3.8, 4) is 6.07 Å². The first-order chi connectivity index (χ1) is 14.4. The van der Waals surface area contributed by atoms with Gasteiger partial charge in [0.2, 0.25) is 0 Å². The van der Waals surface area contributed by atoms with Gasteiger partial charge in [0.25, 0.3) is 11.8 Å². The summed E-state index contributed by atoms with van der Waals surface area (Å²) in [5.74, 6) is -0.150. The fourth-order valence-corrected chi connectivity index (χ4v) is 4.10. The summed E-state index contributed by atoms with van der Waals surface area (Å²) in [4.78, 5) is 29.8. The summed E-state index contributed by atoms with van der Waals surface area (Å²) in [6.07, 6.45) is 0. The van der Waals surface area contributed by atoms with Crippen molar-refractivity contribution in [3.63, 3.8) is 0 Å². The molecule has 1 aliphatic heterocycles. The van der Waals surface area contributed by atoms with Gasteiger partial charge in [-0.05, 0) is 46.1 Å². The number of rotatable bonds is 5. The number of halogens is 1. The van der Waals surface area contributed by atoms with Crippen LogP contribution in [0, 0.1) is 17.2 Å². The Kier molecular flexibility index (Phi) is 7.24. The summed E-state index contributed by atoms with van der Waals surface area (Å²) in [7, 11) is 0. The lowest BCUT2D eigenvalue weighted by molar-refractivity contribution is 0.0577. The van der Waals surface area contributed by atoms with Gasteiger partial charge in [-0.25, -0.2) is 0 Å². The zero-order valence-corrected chi connectivity index (χ0v) is 18.7. The summed E-state index contributed by atoms with van der Waals surface area (Å²) in [5.41, 5.74) is 1.46. The summed E-state index contributed by atoms with van der Waals surface area (Å²) in [6, 6.07) is 16.5. The molecule has 0 bridgehead atoms. The van der Waals surface area contributed by atoms with Gasteiger partial charge >= 0.3 is 0 Å². The van der Waals surface area contributed by atoms with E-state index in [1.54, 1.807) is 47.4 Å². The fourth-order valence-electron chi connectivity index (χ4n) is 3.64. The minimum absolute atomic E-state index is 0.115. The van der Waals surface area contributed by atoms with Gasteiger partial charge in [-0.3, -0.25) is 14.5 Å². The molecule has 156 valence electrons. The number of carbonyl (C=O) groups is 2. The van der Waals surface area contributed by atoms with Crippen LogP contribution in [0.1, 0.15) is 34.6 Å². The second-order valence-electron chi connectivity index (χ2n) is 7.63. The lowest BCUT2D eigenvalue weighted by Crippen LogP contribution is -2.52. The molecule has 6 nitrogen and oxygen atoms in total. The van der Waals surface area contributed by atoms with E-state index in [1.807, 2.05) is 19.9 Å². The third kappa shape index (κ3) is 4.89. The summed E-state index contributed by atoms with van der Waals surface area (Å²) in [6.45, 7) is 6.50. The molecule has 7 heteroatoms. The van der Waals surface area contributed by atoms with Crippen LogP contribution in [0.4, 0.5) is 5.69 Å². The molecule has 0 saturated carbocycles. The van der Waals surface area contributed by atoms with Crippen molar-refractivity contribution in [1.29, 1.82) is 5.26 Å². The van der Waals surface area contributed by atoms with Crippen LogP contribution in [0.3, 0.4) is 0 Å². The molecule has 0 aromatic heterocycles. The number of carbonyl (C=O) groups excluding carboxylic acids is 2. The average molecular weight is 469 g/mol. The van der Waals surface area contributed by atoms with E-state index < -0.39 is 0 Å². The zero-order valence-electron chi connectivity index (χ0n) is 17.1. The molecule has 30 heavy (non-hydrogen) atoms.